The lowest BCUT2D eigenvalue weighted by molar-refractivity contribution is -0.197. The minimum atomic E-state index is -0.672. The minimum absolute atomic E-state index is 0.0704. The molecule has 5 fully saturated rings. The Morgan fingerprint density at radius 3 is 2.50 bits per heavy atom. The number of rotatable bonds is 3. The summed E-state index contributed by atoms with van der Waals surface area (Å²) in [5, 5.41) is 10.7. The number of likely N-dealkylation sites (tertiary alicyclic amines) is 1. The lowest BCUT2D eigenvalue weighted by Crippen LogP contribution is -2.58. The van der Waals surface area contributed by atoms with Crippen LogP contribution in [-0.2, 0) is 14.3 Å². The van der Waals surface area contributed by atoms with Crippen LogP contribution in [0.25, 0.3) is 0 Å². The Morgan fingerprint density at radius 2 is 1.88 bits per heavy atom. The molecule has 1 aliphatic heterocycles. The van der Waals surface area contributed by atoms with Crippen LogP contribution in [0.5, 0.6) is 0 Å². The first kappa shape index (κ1) is 16.4. The predicted molar refractivity (Wildman–Crippen MR) is 88.0 cm³/mol. The molecule has 0 aromatic carbocycles. The predicted octanol–water partition coefficient (Wildman–Crippen LogP) is 2.26. The lowest BCUT2D eigenvalue weighted by Gasteiger charge is -2.58. The molecule has 24 heavy (non-hydrogen) atoms. The Balaban J connectivity index is 1.39. The maximum atomic E-state index is 12.8. The van der Waals surface area contributed by atoms with Crippen LogP contribution in [0.15, 0.2) is 0 Å². The monoisotopic (exact) mass is 335 g/mol. The first-order chi connectivity index (χ1) is 11.4. The molecule has 0 radical (unpaired) electrons. The molecule has 1 saturated heterocycles. The Morgan fingerprint density at radius 1 is 1.17 bits per heavy atom. The number of hydrogen-bond donors (Lipinski definition) is 1. The summed E-state index contributed by atoms with van der Waals surface area (Å²) in [6, 6.07) is 0.241. The van der Waals surface area contributed by atoms with Crippen molar-refractivity contribution in [3.8, 4) is 0 Å². The zero-order valence-corrected chi connectivity index (χ0v) is 14.6. The van der Waals surface area contributed by atoms with Crippen LogP contribution in [-0.4, -0.2) is 46.7 Å². The van der Waals surface area contributed by atoms with Gasteiger partial charge in [0.05, 0.1) is 11.0 Å². The second-order valence-corrected chi connectivity index (χ2v) is 8.97. The van der Waals surface area contributed by atoms with E-state index in [1.54, 1.807) is 0 Å². The molecule has 5 nitrogen and oxygen atoms in total. The van der Waals surface area contributed by atoms with Crippen molar-refractivity contribution < 1.29 is 19.4 Å². The van der Waals surface area contributed by atoms with Crippen molar-refractivity contribution in [3.05, 3.63) is 0 Å². The first-order valence-electron chi connectivity index (χ1n) is 9.58. The van der Waals surface area contributed by atoms with E-state index < -0.39 is 11.0 Å². The highest BCUT2D eigenvalue weighted by Gasteiger charge is 2.60. The highest BCUT2D eigenvalue weighted by Crippen LogP contribution is 2.61. The second-order valence-electron chi connectivity index (χ2n) is 8.97. The normalized spacial score (nSPS) is 43.8. The SMILES string of the molecule is C[C@H]1CCCCN1C(=O)COC(=O)C12C[C@@H]3C[C@@H](CC(O)(C3)C1)C2. The van der Waals surface area contributed by atoms with Gasteiger partial charge < -0.3 is 14.7 Å². The molecule has 4 aliphatic carbocycles. The van der Waals surface area contributed by atoms with Gasteiger partial charge in [-0.2, -0.15) is 0 Å². The average Bonchev–Trinajstić information content (AvgIpc) is 2.50. The van der Waals surface area contributed by atoms with Crippen LogP contribution in [0, 0.1) is 17.3 Å². The van der Waals surface area contributed by atoms with Gasteiger partial charge >= 0.3 is 5.97 Å². The molecule has 4 bridgehead atoms. The smallest absolute Gasteiger partial charge is 0.312 e. The molecule has 4 saturated carbocycles. The third kappa shape index (κ3) is 2.75. The molecule has 0 aromatic rings. The summed E-state index contributed by atoms with van der Waals surface area (Å²) in [6.45, 7) is 2.69. The zero-order valence-electron chi connectivity index (χ0n) is 14.6. The van der Waals surface area contributed by atoms with Crippen LogP contribution in [0.4, 0.5) is 0 Å². The van der Waals surface area contributed by atoms with Crippen LogP contribution < -0.4 is 0 Å². The quantitative estimate of drug-likeness (QED) is 0.804. The molecule has 1 heterocycles. The largest absolute Gasteiger partial charge is 0.455 e. The zero-order chi connectivity index (χ0) is 16.9. The van der Waals surface area contributed by atoms with Crippen molar-refractivity contribution in [2.24, 2.45) is 17.3 Å². The molecular formula is C19H29NO4. The summed E-state index contributed by atoms with van der Waals surface area (Å²) in [5.74, 6) is 0.579. The molecule has 5 heteroatoms. The number of piperidine rings is 1. The van der Waals surface area contributed by atoms with Gasteiger partial charge in [-0.05, 0) is 76.5 Å². The topological polar surface area (TPSA) is 66.8 Å². The maximum absolute atomic E-state index is 12.8. The van der Waals surface area contributed by atoms with E-state index in [0.717, 1.165) is 57.9 Å². The Kier molecular flexibility index (Phi) is 3.90. The van der Waals surface area contributed by atoms with Gasteiger partial charge in [-0.25, -0.2) is 0 Å². The van der Waals surface area contributed by atoms with Gasteiger partial charge in [0.1, 0.15) is 0 Å². The number of amides is 1. The van der Waals surface area contributed by atoms with Crippen LogP contribution in [0.3, 0.4) is 0 Å². The van der Waals surface area contributed by atoms with Gasteiger partial charge in [-0.3, -0.25) is 9.59 Å². The molecule has 5 rings (SSSR count). The van der Waals surface area contributed by atoms with E-state index in [-0.39, 0.29) is 24.5 Å². The van der Waals surface area contributed by atoms with Crippen molar-refractivity contribution in [1.82, 2.24) is 4.90 Å². The van der Waals surface area contributed by atoms with Gasteiger partial charge in [-0.1, -0.05) is 0 Å². The number of nitrogens with zero attached hydrogens (tertiary/aromatic N) is 1. The Labute approximate surface area is 143 Å². The fourth-order valence-corrected chi connectivity index (χ4v) is 6.28. The maximum Gasteiger partial charge on any atom is 0.312 e. The van der Waals surface area contributed by atoms with Gasteiger partial charge in [0.25, 0.3) is 5.91 Å². The van der Waals surface area contributed by atoms with Crippen molar-refractivity contribution >= 4 is 11.9 Å². The number of aliphatic hydroxyl groups is 1. The van der Waals surface area contributed by atoms with E-state index in [1.165, 1.54) is 0 Å². The Hall–Kier alpha value is -1.10. The molecule has 5 aliphatic rings. The molecule has 1 N–H and O–H groups in total. The first-order valence-corrected chi connectivity index (χ1v) is 9.58. The van der Waals surface area contributed by atoms with Crippen LogP contribution >= 0.6 is 0 Å². The third-order valence-electron chi connectivity index (χ3n) is 6.91. The van der Waals surface area contributed by atoms with E-state index in [0.29, 0.717) is 18.3 Å². The number of carbonyl (C=O) groups excluding carboxylic acids is 2. The number of carbonyl (C=O) groups is 2. The summed E-state index contributed by atoms with van der Waals surface area (Å²) in [7, 11) is 0. The highest BCUT2D eigenvalue weighted by molar-refractivity contribution is 5.83. The molecule has 0 aromatic heterocycles. The van der Waals surface area contributed by atoms with Gasteiger partial charge in [0.2, 0.25) is 0 Å². The summed E-state index contributed by atoms with van der Waals surface area (Å²) in [5.41, 5.74) is -1.21. The van der Waals surface area contributed by atoms with Crippen LogP contribution in [0.2, 0.25) is 0 Å². The van der Waals surface area contributed by atoms with E-state index in [2.05, 4.69) is 6.92 Å². The van der Waals surface area contributed by atoms with Crippen molar-refractivity contribution in [3.63, 3.8) is 0 Å². The molecular weight excluding hydrogens is 306 g/mol. The van der Waals surface area contributed by atoms with E-state index in [1.807, 2.05) is 4.90 Å². The van der Waals surface area contributed by atoms with Crippen LogP contribution in [0.1, 0.15) is 64.7 Å². The number of ether oxygens (including phenoxy) is 1. The minimum Gasteiger partial charge on any atom is -0.455 e. The van der Waals surface area contributed by atoms with E-state index in [4.69, 9.17) is 4.74 Å². The van der Waals surface area contributed by atoms with Gasteiger partial charge in [0.15, 0.2) is 6.61 Å². The fourth-order valence-electron chi connectivity index (χ4n) is 6.28. The summed E-state index contributed by atoms with van der Waals surface area (Å²) in [4.78, 5) is 27.1. The van der Waals surface area contributed by atoms with Crippen molar-refractivity contribution in [2.45, 2.75) is 76.4 Å². The summed E-state index contributed by atoms with van der Waals surface area (Å²) >= 11 is 0. The molecule has 0 spiro atoms. The summed E-state index contributed by atoms with van der Waals surface area (Å²) in [6.07, 6.45) is 8.23. The number of hydrogen-bond acceptors (Lipinski definition) is 4. The van der Waals surface area contributed by atoms with E-state index in [9.17, 15) is 14.7 Å². The fraction of sp³-hybridized carbons (Fsp3) is 0.895. The van der Waals surface area contributed by atoms with E-state index >= 15 is 0 Å². The highest BCUT2D eigenvalue weighted by atomic mass is 16.5. The van der Waals surface area contributed by atoms with Crippen molar-refractivity contribution in [2.75, 3.05) is 13.2 Å². The van der Waals surface area contributed by atoms with Crippen molar-refractivity contribution in [1.29, 1.82) is 0 Å². The summed E-state index contributed by atoms with van der Waals surface area (Å²) < 4.78 is 5.49. The van der Waals surface area contributed by atoms with Gasteiger partial charge in [0, 0.05) is 12.6 Å². The molecule has 2 unspecified atom stereocenters. The second kappa shape index (κ2) is 5.72. The molecule has 5 atom stereocenters. The average molecular weight is 335 g/mol. The molecule has 134 valence electrons. The molecule has 1 amide bonds. The Bertz CT molecular complexity index is 531. The lowest BCUT2D eigenvalue weighted by atomic mass is 9.48. The standard InChI is InChI=1S/C19H29NO4/c1-13-4-2-3-5-20(13)16(21)11-24-17(22)18-7-14-6-15(8-18)10-19(23,9-14)12-18/h13-15,23H,2-12H2,1H3/t13-,14-,15+,18?,19?/m0/s1. The van der Waals surface area contributed by atoms with Gasteiger partial charge in [-0.15, -0.1) is 0 Å². The number of esters is 1. The third-order valence-corrected chi connectivity index (χ3v) is 6.91.